The molecule has 0 aliphatic rings. The van der Waals surface area contributed by atoms with E-state index in [4.69, 9.17) is 4.42 Å². The van der Waals surface area contributed by atoms with E-state index in [1.807, 2.05) is 30.3 Å². The van der Waals surface area contributed by atoms with E-state index < -0.39 is 21.8 Å². The van der Waals surface area contributed by atoms with Gasteiger partial charge < -0.3 is 4.42 Å². The molecule has 162 valence electrons. The van der Waals surface area contributed by atoms with Gasteiger partial charge in [-0.3, -0.25) is 20.4 Å². The van der Waals surface area contributed by atoms with Crippen LogP contribution in [-0.2, 0) is 21.2 Å². The van der Waals surface area contributed by atoms with E-state index in [9.17, 15) is 18.0 Å². The molecule has 0 saturated carbocycles. The molecule has 10 nitrogen and oxygen atoms in total. The Balaban J connectivity index is 1.52. The molecule has 0 atom stereocenters. The van der Waals surface area contributed by atoms with Gasteiger partial charge in [-0.2, -0.15) is 0 Å². The highest BCUT2D eigenvalue weighted by molar-refractivity contribution is 7.89. The van der Waals surface area contributed by atoms with Crippen LogP contribution in [0.5, 0.6) is 0 Å². The van der Waals surface area contributed by atoms with Gasteiger partial charge in [0, 0.05) is 38.1 Å². The van der Waals surface area contributed by atoms with E-state index in [-0.39, 0.29) is 23.3 Å². The first kappa shape index (κ1) is 22.1. The van der Waals surface area contributed by atoms with Crippen molar-refractivity contribution < 1.29 is 22.4 Å². The van der Waals surface area contributed by atoms with E-state index in [2.05, 4.69) is 21.0 Å². The summed E-state index contributed by atoms with van der Waals surface area (Å²) in [7, 11) is -0.884. The minimum atomic E-state index is -3.68. The molecule has 3 rings (SSSR count). The van der Waals surface area contributed by atoms with Crippen LogP contribution in [0.4, 0.5) is 0 Å². The van der Waals surface area contributed by atoms with Crippen molar-refractivity contribution in [2.75, 3.05) is 14.1 Å². The zero-order chi connectivity index (χ0) is 22.4. The van der Waals surface area contributed by atoms with Crippen LogP contribution in [0.25, 0.3) is 11.5 Å². The molecule has 31 heavy (non-hydrogen) atoms. The Morgan fingerprint density at radius 2 is 1.74 bits per heavy atom. The van der Waals surface area contributed by atoms with Gasteiger partial charge in [-0.25, -0.2) is 12.7 Å². The molecular weight excluding hydrogens is 422 g/mol. The molecule has 0 unspecified atom stereocenters. The Morgan fingerprint density at radius 1 is 1.00 bits per heavy atom. The van der Waals surface area contributed by atoms with E-state index in [1.54, 1.807) is 0 Å². The van der Waals surface area contributed by atoms with Crippen LogP contribution in [0, 0.1) is 0 Å². The van der Waals surface area contributed by atoms with Crippen molar-refractivity contribution in [1.29, 1.82) is 0 Å². The molecule has 3 aromatic rings. The third-order valence-corrected chi connectivity index (χ3v) is 6.05. The topological polar surface area (TPSA) is 134 Å². The minimum absolute atomic E-state index is 0.00571. The Hall–Kier alpha value is -3.57. The van der Waals surface area contributed by atoms with Gasteiger partial charge in [-0.05, 0) is 30.3 Å². The van der Waals surface area contributed by atoms with Crippen molar-refractivity contribution in [3.8, 4) is 11.5 Å². The summed E-state index contributed by atoms with van der Waals surface area (Å²) >= 11 is 0. The van der Waals surface area contributed by atoms with Crippen LogP contribution in [0.3, 0.4) is 0 Å². The maximum absolute atomic E-state index is 12.3. The summed E-state index contributed by atoms with van der Waals surface area (Å²) in [5, 5.41) is 7.86. The molecule has 0 saturated heterocycles. The monoisotopic (exact) mass is 443 g/mol. The zero-order valence-corrected chi connectivity index (χ0v) is 17.7. The Kier molecular flexibility index (Phi) is 6.78. The van der Waals surface area contributed by atoms with E-state index >= 15 is 0 Å². The number of rotatable bonds is 7. The van der Waals surface area contributed by atoms with Crippen molar-refractivity contribution in [1.82, 2.24) is 25.4 Å². The maximum Gasteiger partial charge on any atom is 0.269 e. The molecule has 0 radical (unpaired) electrons. The van der Waals surface area contributed by atoms with Crippen molar-refractivity contribution in [3.63, 3.8) is 0 Å². The molecule has 0 bridgehead atoms. The number of amides is 2. The highest BCUT2D eigenvalue weighted by Gasteiger charge is 2.19. The third kappa shape index (κ3) is 5.53. The average Bonchev–Trinajstić information content (AvgIpc) is 3.25. The molecule has 0 aliphatic heterocycles. The molecular formula is C20H21N5O5S. The number of sulfonamides is 1. The molecule has 0 spiro atoms. The lowest BCUT2D eigenvalue weighted by atomic mass is 10.2. The van der Waals surface area contributed by atoms with Gasteiger partial charge >= 0.3 is 0 Å². The van der Waals surface area contributed by atoms with Gasteiger partial charge in [-0.15, -0.1) is 10.2 Å². The lowest BCUT2D eigenvalue weighted by Crippen LogP contribution is -2.41. The van der Waals surface area contributed by atoms with Crippen molar-refractivity contribution in [3.05, 3.63) is 66.1 Å². The van der Waals surface area contributed by atoms with E-state index in [0.29, 0.717) is 11.8 Å². The summed E-state index contributed by atoms with van der Waals surface area (Å²) < 4.78 is 31.0. The lowest BCUT2D eigenvalue weighted by Gasteiger charge is -2.12. The molecule has 0 aliphatic carbocycles. The van der Waals surface area contributed by atoms with Gasteiger partial charge in [0.15, 0.2) is 0 Å². The lowest BCUT2D eigenvalue weighted by molar-refractivity contribution is -0.121. The van der Waals surface area contributed by atoms with Gasteiger partial charge in [0.25, 0.3) is 5.91 Å². The second-order valence-electron chi connectivity index (χ2n) is 6.68. The summed E-state index contributed by atoms with van der Waals surface area (Å²) in [6.45, 7) is 0. The summed E-state index contributed by atoms with van der Waals surface area (Å²) in [6, 6.07) is 14.8. The number of carbonyl (C=O) groups is 2. The first-order valence-corrected chi connectivity index (χ1v) is 10.7. The molecule has 1 aromatic heterocycles. The van der Waals surface area contributed by atoms with Gasteiger partial charge in [0.2, 0.25) is 27.7 Å². The van der Waals surface area contributed by atoms with Crippen molar-refractivity contribution in [2.45, 2.75) is 17.7 Å². The molecule has 2 aromatic carbocycles. The van der Waals surface area contributed by atoms with Crippen molar-refractivity contribution >= 4 is 21.8 Å². The van der Waals surface area contributed by atoms with Crippen molar-refractivity contribution in [2.24, 2.45) is 0 Å². The zero-order valence-electron chi connectivity index (χ0n) is 16.9. The van der Waals surface area contributed by atoms with Gasteiger partial charge in [-0.1, -0.05) is 24.3 Å². The second kappa shape index (κ2) is 9.49. The number of aromatic nitrogens is 2. The van der Waals surface area contributed by atoms with Gasteiger partial charge in [0.05, 0.1) is 4.90 Å². The highest BCUT2D eigenvalue weighted by atomic mass is 32.2. The standard InChI is InChI=1S/C20H21N5O5S/c1-25(2)31(28,29)16-10-6-9-15(13-16)19(27)23-21-17(26)11-12-18-22-24-20(30-18)14-7-4-3-5-8-14/h3-10,13H,11-12H2,1-2H3,(H,21,26)(H,23,27). The van der Waals surface area contributed by atoms with Crippen LogP contribution in [-0.4, -0.2) is 48.8 Å². The highest BCUT2D eigenvalue weighted by Crippen LogP contribution is 2.17. The predicted octanol–water partition coefficient (Wildman–Crippen LogP) is 1.38. The van der Waals surface area contributed by atoms with E-state index in [1.165, 1.54) is 38.4 Å². The SMILES string of the molecule is CN(C)S(=O)(=O)c1cccc(C(=O)NNC(=O)CCc2nnc(-c3ccccc3)o2)c1. The number of hydrogen-bond acceptors (Lipinski definition) is 7. The summed E-state index contributed by atoms with van der Waals surface area (Å²) in [6.07, 6.45) is 0.198. The van der Waals surface area contributed by atoms with E-state index in [0.717, 1.165) is 9.87 Å². The average molecular weight is 443 g/mol. The number of nitrogens with one attached hydrogen (secondary N) is 2. The number of hydrogen-bond donors (Lipinski definition) is 2. The normalized spacial score (nSPS) is 11.3. The molecule has 2 amide bonds. The molecule has 0 fully saturated rings. The maximum atomic E-state index is 12.3. The summed E-state index contributed by atoms with van der Waals surface area (Å²) in [4.78, 5) is 24.3. The molecule has 2 N–H and O–H groups in total. The fraction of sp³-hybridized carbons (Fsp3) is 0.200. The fourth-order valence-electron chi connectivity index (χ4n) is 2.54. The Bertz CT molecular complexity index is 1180. The quantitative estimate of drug-likeness (QED) is 0.527. The number of carbonyl (C=O) groups excluding carboxylic acids is 2. The summed E-state index contributed by atoms with van der Waals surface area (Å²) in [5.41, 5.74) is 5.41. The number of benzene rings is 2. The number of nitrogens with zero attached hydrogens (tertiary/aromatic N) is 3. The Labute approximate surface area is 179 Å². The first-order chi connectivity index (χ1) is 14.8. The second-order valence-corrected chi connectivity index (χ2v) is 8.84. The predicted molar refractivity (Wildman–Crippen MR) is 111 cm³/mol. The fourth-order valence-corrected chi connectivity index (χ4v) is 3.49. The van der Waals surface area contributed by atoms with Crippen LogP contribution in [0.1, 0.15) is 22.7 Å². The largest absolute Gasteiger partial charge is 0.421 e. The molecule has 11 heteroatoms. The molecule has 1 heterocycles. The van der Waals surface area contributed by atoms with Crippen LogP contribution >= 0.6 is 0 Å². The van der Waals surface area contributed by atoms with Crippen LogP contribution in [0.2, 0.25) is 0 Å². The summed E-state index contributed by atoms with van der Waals surface area (Å²) in [5.74, 6) is -0.461. The first-order valence-electron chi connectivity index (χ1n) is 9.27. The van der Waals surface area contributed by atoms with Crippen LogP contribution < -0.4 is 10.9 Å². The third-order valence-electron chi connectivity index (χ3n) is 4.24. The number of hydrazine groups is 1. The number of aryl methyl sites for hydroxylation is 1. The minimum Gasteiger partial charge on any atom is -0.421 e. The van der Waals surface area contributed by atoms with Gasteiger partial charge in [0.1, 0.15) is 0 Å². The Morgan fingerprint density at radius 3 is 2.45 bits per heavy atom. The smallest absolute Gasteiger partial charge is 0.269 e. The van der Waals surface area contributed by atoms with Crippen LogP contribution in [0.15, 0.2) is 63.9 Å².